The second kappa shape index (κ2) is 36.3. The minimum atomic E-state index is -0.759. The van der Waals surface area contributed by atoms with E-state index in [2.05, 4.69) is 101 Å². The third-order valence-electron chi connectivity index (χ3n) is 14.6. The van der Waals surface area contributed by atoms with Gasteiger partial charge in [0, 0.05) is 61.3 Å². The van der Waals surface area contributed by atoms with Crippen molar-refractivity contribution in [3.05, 3.63) is 206 Å². The summed E-state index contributed by atoms with van der Waals surface area (Å²) >= 11 is 0. The number of benzene rings is 3. The number of hydrogen-bond donors (Lipinski definition) is 0. The van der Waals surface area contributed by atoms with E-state index in [4.69, 9.17) is 47.4 Å². The van der Waals surface area contributed by atoms with Crippen molar-refractivity contribution in [1.82, 2.24) is 0 Å². The number of carbonyl (C=O) groups excluding carboxylic acids is 6. The van der Waals surface area contributed by atoms with Gasteiger partial charge in [0.05, 0.1) is 44.2 Å². The predicted octanol–water partition coefficient (Wildman–Crippen LogP) is 12.0. The SMILES string of the molecule is C=CC(=O)OCCCCOCC(COc1ccc(C(=O)OCCc2ccc(OC(=O)c3ccc(OCC(COCCCCOC(=O)C=C)OC(=O)C=C)cc3)c(/C=C/C(CC)C(C=C3C4C=CC=CC4C4C=CC=CC34)CC)c2)cc1)OC(=O)C=C. The summed E-state index contributed by atoms with van der Waals surface area (Å²) < 4.78 is 55.9. The zero-order chi connectivity index (χ0) is 61.5. The first kappa shape index (κ1) is 66.5. The largest absolute Gasteiger partial charge is 0.490 e. The molecule has 0 spiro atoms. The zero-order valence-corrected chi connectivity index (χ0v) is 49.3. The topological polar surface area (TPSA) is 195 Å². The summed E-state index contributed by atoms with van der Waals surface area (Å²) in [6, 6.07) is 18.4. The molecule has 3 aromatic rings. The van der Waals surface area contributed by atoms with Gasteiger partial charge in [0.2, 0.25) is 0 Å². The Balaban J connectivity index is 1.10. The van der Waals surface area contributed by atoms with Crippen LogP contribution < -0.4 is 14.2 Å². The molecule has 8 unspecified atom stereocenters. The van der Waals surface area contributed by atoms with Gasteiger partial charge < -0.3 is 47.4 Å². The molecule has 8 atom stereocenters. The van der Waals surface area contributed by atoms with Crippen LogP contribution in [0.1, 0.15) is 84.2 Å². The maximum Gasteiger partial charge on any atom is 0.343 e. The molecule has 16 nitrogen and oxygen atoms in total. The van der Waals surface area contributed by atoms with Crippen LogP contribution in [-0.4, -0.2) is 107 Å². The molecule has 0 aliphatic heterocycles. The Kier molecular flexibility index (Phi) is 28.1. The number of carbonyl (C=O) groups is 6. The van der Waals surface area contributed by atoms with Crippen LogP contribution in [-0.2, 0) is 58.8 Å². The van der Waals surface area contributed by atoms with Crippen LogP contribution in [0.3, 0.4) is 0 Å². The van der Waals surface area contributed by atoms with Crippen molar-refractivity contribution in [3.63, 3.8) is 0 Å². The van der Waals surface area contributed by atoms with Gasteiger partial charge in [-0.3, -0.25) is 0 Å². The average Bonchev–Trinajstić information content (AvgIpc) is 1.77. The summed E-state index contributed by atoms with van der Waals surface area (Å²) in [7, 11) is 0. The summed E-state index contributed by atoms with van der Waals surface area (Å²) in [6.45, 7) is 19.4. The van der Waals surface area contributed by atoms with Gasteiger partial charge in [0.25, 0.3) is 0 Å². The van der Waals surface area contributed by atoms with Gasteiger partial charge in [-0.15, -0.1) is 0 Å². The van der Waals surface area contributed by atoms with E-state index < -0.39 is 48.0 Å². The molecule has 16 heteroatoms. The Morgan fingerprint density at radius 3 is 1.48 bits per heavy atom. The Bertz CT molecular complexity index is 2920. The molecule has 3 aliphatic rings. The van der Waals surface area contributed by atoms with E-state index in [0.29, 0.717) is 97.4 Å². The smallest absolute Gasteiger partial charge is 0.343 e. The minimum Gasteiger partial charge on any atom is -0.490 e. The molecule has 3 aliphatic carbocycles. The fourth-order valence-corrected chi connectivity index (χ4v) is 10.1. The lowest BCUT2D eigenvalue weighted by Crippen LogP contribution is -2.29. The number of esters is 6. The molecule has 0 heterocycles. The maximum absolute atomic E-state index is 13.9. The molecule has 0 N–H and O–H groups in total. The Morgan fingerprint density at radius 1 is 0.512 bits per heavy atom. The van der Waals surface area contributed by atoms with Gasteiger partial charge in [-0.1, -0.05) is 119 Å². The summed E-state index contributed by atoms with van der Waals surface area (Å²) in [4.78, 5) is 73.9. The Hall–Kier alpha value is -8.60. The van der Waals surface area contributed by atoms with Gasteiger partial charge in [-0.05, 0) is 128 Å². The Labute approximate surface area is 505 Å². The molecular weight excluding hydrogens is 1100 g/mol. The van der Waals surface area contributed by atoms with E-state index in [1.165, 1.54) is 5.57 Å². The molecule has 3 aromatic carbocycles. The maximum atomic E-state index is 13.9. The average molecular weight is 1180 g/mol. The summed E-state index contributed by atoms with van der Waals surface area (Å²) in [5.41, 5.74) is 3.56. The van der Waals surface area contributed by atoms with Crippen molar-refractivity contribution < 1.29 is 76.1 Å². The fourth-order valence-electron chi connectivity index (χ4n) is 10.1. The highest BCUT2D eigenvalue weighted by molar-refractivity contribution is 5.92. The van der Waals surface area contributed by atoms with E-state index in [1.54, 1.807) is 54.6 Å². The summed E-state index contributed by atoms with van der Waals surface area (Å²) in [5.74, 6) is -0.252. The van der Waals surface area contributed by atoms with Crippen molar-refractivity contribution in [2.45, 2.75) is 71.0 Å². The van der Waals surface area contributed by atoms with Crippen molar-refractivity contribution in [3.8, 4) is 17.2 Å². The number of hydrogen-bond acceptors (Lipinski definition) is 16. The van der Waals surface area contributed by atoms with Crippen molar-refractivity contribution in [2.75, 3.05) is 59.5 Å². The predicted molar refractivity (Wildman–Crippen MR) is 327 cm³/mol. The van der Waals surface area contributed by atoms with E-state index in [9.17, 15) is 28.8 Å². The lowest BCUT2D eigenvalue weighted by Gasteiger charge is -2.24. The standard InChI is InChI=1S/C70H80O16/c1-7-50(51(8-2)44-63-61-23-15-13-21-59(61)60-22-14-16-24-62(60)63)26-27-54-43-49(37-42-81-69(75)52-28-32-55(33-29-52)82-47-57(84-67(73)11-5)45-77-38-17-19-40-79-65(71)9-3)25-36-64(54)86-70(76)53-30-34-56(35-31-53)83-48-58(85-68(74)12-6)46-78-39-18-20-41-80-66(72)10-4/h9-16,21-36,43-44,50-51,57-62H,3-8,17-20,37-42,45-48H2,1-2H3/b27-26+,63-44?. The number of rotatable bonds is 38. The van der Waals surface area contributed by atoms with Crippen LogP contribution in [0.15, 0.2) is 184 Å². The first-order valence-electron chi connectivity index (χ1n) is 29.3. The van der Waals surface area contributed by atoms with Crippen LogP contribution in [0.25, 0.3) is 6.08 Å². The molecule has 86 heavy (non-hydrogen) atoms. The van der Waals surface area contributed by atoms with Crippen LogP contribution in [0.5, 0.6) is 17.2 Å². The fraction of sp³-hybridized carbons (Fsp3) is 0.371. The number of ether oxygens (including phenoxy) is 10. The van der Waals surface area contributed by atoms with Gasteiger partial charge >= 0.3 is 35.8 Å². The van der Waals surface area contributed by atoms with Crippen LogP contribution in [0.2, 0.25) is 0 Å². The third-order valence-corrected chi connectivity index (χ3v) is 14.6. The second-order valence-corrected chi connectivity index (χ2v) is 20.6. The molecule has 0 bridgehead atoms. The molecule has 0 amide bonds. The molecule has 1 fully saturated rings. The van der Waals surface area contributed by atoms with Gasteiger partial charge in [-0.25, -0.2) is 28.8 Å². The van der Waals surface area contributed by atoms with Crippen molar-refractivity contribution >= 4 is 41.9 Å². The monoisotopic (exact) mass is 1180 g/mol. The highest BCUT2D eigenvalue weighted by Crippen LogP contribution is 2.51. The van der Waals surface area contributed by atoms with Crippen molar-refractivity contribution in [1.29, 1.82) is 0 Å². The summed E-state index contributed by atoms with van der Waals surface area (Å²) in [5, 5.41) is 0. The van der Waals surface area contributed by atoms with E-state index in [-0.39, 0.29) is 63.6 Å². The van der Waals surface area contributed by atoms with Crippen LogP contribution >= 0.6 is 0 Å². The first-order chi connectivity index (χ1) is 41.9. The number of unbranched alkanes of at least 4 members (excludes halogenated alkanes) is 2. The minimum absolute atomic E-state index is 0.0257. The van der Waals surface area contributed by atoms with Crippen LogP contribution in [0.4, 0.5) is 0 Å². The highest BCUT2D eigenvalue weighted by Gasteiger charge is 2.43. The molecule has 1 saturated carbocycles. The molecule has 0 aromatic heterocycles. The molecular formula is C70H80O16. The van der Waals surface area contributed by atoms with Gasteiger partial charge in [0.15, 0.2) is 12.2 Å². The van der Waals surface area contributed by atoms with Crippen LogP contribution in [0, 0.1) is 35.5 Å². The number of fused-ring (bicyclic) bond motifs is 3. The molecule has 6 rings (SSSR count). The third kappa shape index (κ3) is 21.5. The first-order valence-corrected chi connectivity index (χ1v) is 29.3. The van der Waals surface area contributed by atoms with Crippen molar-refractivity contribution in [2.24, 2.45) is 35.5 Å². The normalized spacial score (nSPS) is 17.6. The zero-order valence-electron chi connectivity index (χ0n) is 49.3. The Morgan fingerprint density at radius 2 is 0.988 bits per heavy atom. The van der Waals surface area contributed by atoms with Gasteiger partial charge in [0.1, 0.15) is 30.5 Å². The van der Waals surface area contributed by atoms with E-state index in [1.807, 2.05) is 18.2 Å². The molecule has 0 radical (unpaired) electrons. The highest BCUT2D eigenvalue weighted by atomic mass is 16.6. The van der Waals surface area contributed by atoms with E-state index >= 15 is 0 Å². The summed E-state index contributed by atoms with van der Waals surface area (Å²) in [6.07, 6.45) is 32.2. The second-order valence-electron chi connectivity index (χ2n) is 20.6. The lowest BCUT2D eigenvalue weighted by atomic mass is 9.81. The quantitative estimate of drug-likeness (QED) is 0.0131. The molecule has 456 valence electrons. The van der Waals surface area contributed by atoms with E-state index in [0.717, 1.165) is 42.7 Å². The lowest BCUT2D eigenvalue weighted by molar-refractivity contribution is -0.148. The number of allylic oxidation sites excluding steroid dienone is 11. The van der Waals surface area contributed by atoms with Gasteiger partial charge in [-0.2, -0.15) is 0 Å². The molecule has 0 saturated heterocycles.